The highest BCUT2D eigenvalue weighted by Gasteiger charge is 1.97. The highest BCUT2D eigenvalue weighted by Crippen LogP contribution is 2.08. The summed E-state index contributed by atoms with van der Waals surface area (Å²) in [5, 5.41) is 8.28. The molecule has 0 saturated heterocycles. The van der Waals surface area contributed by atoms with Gasteiger partial charge in [-0.05, 0) is 31.2 Å². The number of unbranched alkanes of at least 4 members (excludes halogenated alkanes) is 4. The molecule has 0 radical (unpaired) electrons. The van der Waals surface area contributed by atoms with Gasteiger partial charge in [0.15, 0.2) is 0 Å². The average molecular weight is 287 g/mol. The third kappa shape index (κ3) is 26.1. The Morgan fingerprint density at radius 3 is 1.70 bits per heavy atom. The SMILES string of the molecule is CC(C)CCCCC(=O)O.CC(C)CCCCCCN. The number of carbonyl (C=O) groups is 1. The molecule has 0 amide bonds. The van der Waals surface area contributed by atoms with Crippen LogP contribution in [0.25, 0.3) is 0 Å². The van der Waals surface area contributed by atoms with E-state index in [0.717, 1.165) is 31.7 Å². The van der Waals surface area contributed by atoms with E-state index in [1.165, 1.54) is 32.1 Å². The molecule has 0 fully saturated rings. The molecule has 3 heteroatoms. The van der Waals surface area contributed by atoms with Gasteiger partial charge in [-0.2, -0.15) is 0 Å². The summed E-state index contributed by atoms with van der Waals surface area (Å²) in [5.74, 6) is 0.899. The largest absolute Gasteiger partial charge is 0.481 e. The average Bonchev–Trinajstić information content (AvgIpc) is 2.34. The Hall–Kier alpha value is -0.570. The predicted molar refractivity (Wildman–Crippen MR) is 87.9 cm³/mol. The van der Waals surface area contributed by atoms with Crippen molar-refractivity contribution >= 4 is 5.97 Å². The molecule has 0 spiro atoms. The molecule has 0 aliphatic heterocycles. The van der Waals surface area contributed by atoms with Crippen molar-refractivity contribution in [2.75, 3.05) is 6.54 Å². The van der Waals surface area contributed by atoms with Gasteiger partial charge < -0.3 is 10.8 Å². The molecule has 0 aliphatic carbocycles. The first kappa shape index (κ1) is 21.7. The van der Waals surface area contributed by atoms with Crippen molar-refractivity contribution in [1.29, 1.82) is 0 Å². The fourth-order valence-electron chi connectivity index (χ4n) is 1.88. The zero-order chi connectivity index (χ0) is 15.8. The first-order chi connectivity index (χ1) is 9.40. The number of rotatable bonds is 11. The Bertz CT molecular complexity index is 203. The lowest BCUT2D eigenvalue weighted by Crippen LogP contribution is -1.97. The van der Waals surface area contributed by atoms with Crippen LogP contribution in [-0.2, 0) is 4.79 Å². The van der Waals surface area contributed by atoms with E-state index >= 15 is 0 Å². The molecule has 0 atom stereocenters. The Kier molecular flexibility index (Phi) is 17.9. The number of carboxylic acid groups (broad SMARTS) is 1. The minimum atomic E-state index is -0.677. The van der Waals surface area contributed by atoms with E-state index in [9.17, 15) is 4.79 Å². The molecule has 3 nitrogen and oxygen atoms in total. The molecule has 0 bridgehead atoms. The third-order valence-corrected chi connectivity index (χ3v) is 3.16. The van der Waals surface area contributed by atoms with E-state index in [2.05, 4.69) is 27.7 Å². The Balaban J connectivity index is 0. The van der Waals surface area contributed by atoms with Gasteiger partial charge in [0.1, 0.15) is 0 Å². The summed E-state index contributed by atoms with van der Waals surface area (Å²) < 4.78 is 0. The van der Waals surface area contributed by atoms with Gasteiger partial charge in [0.2, 0.25) is 0 Å². The smallest absolute Gasteiger partial charge is 0.303 e. The van der Waals surface area contributed by atoms with Crippen LogP contribution < -0.4 is 5.73 Å². The normalized spacial score (nSPS) is 10.6. The molecule has 0 aliphatic rings. The lowest BCUT2D eigenvalue weighted by molar-refractivity contribution is -0.137. The Morgan fingerprint density at radius 2 is 1.30 bits per heavy atom. The van der Waals surface area contributed by atoms with Gasteiger partial charge in [-0.1, -0.05) is 66.2 Å². The minimum Gasteiger partial charge on any atom is -0.481 e. The summed E-state index contributed by atoms with van der Waals surface area (Å²) in [6, 6.07) is 0. The molecular weight excluding hydrogens is 250 g/mol. The minimum absolute atomic E-state index is 0.326. The van der Waals surface area contributed by atoms with Crippen molar-refractivity contribution in [3.63, 3.8) is 0 Å². The molecule has 0 heterocycles. The van der Waals surface area contributed by atoms with Crippen molar-refractivity contribution in [1.82, 2.24) is 0 Å². The predicted octanol–water partition coefficient (Wildman–Crippen LogP) is 4.84. The van der Waals surface area contributed by atoms with Gasteiger partial charge in [-0.3, -0.25) is 4.79 Å². The van der Waals surface area contributed by atoms with Crippen LogP contribution in [0.1, 0.15) is 85.5 Å². The second-order valence-electron chi connectivity index (χ2n) is 6.42. The summed E-state index contributed by atoms with van der Waals surface area (Å²) >= 11 is 0. The molecule has 0 aromatic heterocycles. The van der Waals surface area contributed by atoms with Crippen LogP contribution in [-0.4, -0.2) is 17.6 Å². The zero-order valence-corrected chi connectivity index (χ0v) is 14.2. The second-order valence-corrected chi connectivity index (χ2v) is 6.42. The Labute approximate surface area is 126 Å². The maximum Gasteiger partial charge on any atom is 0.303 e. The van der Waals surface area contributed by atoms with Crippen LogP contribution in [0, 0.1) is 11.8 Å². The summed E-state index contributed by atoms with van der Waals surface area (Å²) in [7, 11) is 0. The van der Waals surface area contributed by atoms with E-state index < -0.39 is 5.97 Å². The van der Waals surface area contributed by atoms with E-state index in [1.54, 1.807) is 0 Å². The van der Waals surface area contributed by atoms with Crippen molar-refractivity contribution in [3.05, 3.63) is 0 Å². The summed E-state index contributed by atoms with van der Waals surface area (Å²) in [5.41, 5.74) is 5.37. The molecule has 3 N–H and O–H groups in total. The van der Waals surface area contributed by atoms with Crippen LogP contribution in [0.3, 0.4) is 0 Å². The van der Waals surface area contributed by atoms with Gasteiger partial charge in [0.05, 0.1) is 0 Å². The fourth-order valence-corrected chi connectivity index (χ4v) is 1.88. The topological polar surface area (TPSA) is 63.3 Å². The van der Waals surface area contributed by atoms with Crippen molar-refractivity contribution in [2.45, 2.75) is 85.5 Å². The van der Waals surface area contributed by atoms with E-state index in [4.69, 9.17) is 10.8 Å². The fraction of sp³-hybridized carbons (Fsp3) is 0.941. The van der Waals surface area contributed by atoms with Gasteiger partial charge in [-0.25, -0.2) is 0 Å². The van der Waals surface area contributed by atoms with Crippen molar-refractivity contribution in [2.24, 2.45) is 17.6 Å². The third-order valence-electron chi connectivity index (χ3n) is 3.16. The first-order valence-electron chi connectivity index (χ1n) is 8.32. The van der Waals surface area contributed by atoms with Crippen LogP contribution in [0.2, 0.25) is 0 Å². The van der Waals surface area contributed by atoms with Crippen molar-refractivity contribution < 1.29 is 9.90 Å². The number of nitrogens with two attached hydrogens (primary N) is 1. The van der Waals surface area contributed by atoms with E-state index in [1.807, 2.05) is 0 Å². The molecule has 0 aromatic rings. The number of hydrogen-bond acceptors (Lipinski definition) is 2. The number of aliphatic carboxylic acids is 1. The molecule has 0 unspecified atom stereocenters. The molecule has 0 rings (SSSR count). The Morgan fingerprint density at radius 1 is 0.850 bits per heavy atom. The van der Waals surface area contributed by atoms with Gasteiger partial charge >= 0.3 is 5.97 Å². The summed E-state index contributed by atoms with van der Waals surface area (Å²) in [6.07, 6.45) is 10.0. The molecule has 20 heavy (non-hydrogen) atoms. The van der Waals surface area contributed by atoms with Crippen LogP contribution in [0.15, 0.2) is 0 Å². The van der Waals surface area contributed by atoms with Crippen LogP contribution in [0.5, 0.6) is 0 Å². The van der Waals surface area contributed by atoms with Crippen LogP contribution >= 0.6 is 0 Å². The molecule has 0 saturated carbocycles. The summed E-state index contributed by atoms with van der Waals surface area (Å²) in [6.45, 7) is 9.73. The number of hydrogen-bond donors (Lipinski definition) is 2. The van der Waals surface area contributed by atoms with Gasteiger partial charge in [0.25, 0.3) is 0 Å². The molecule has 122 valence electrons. The highest BCUT2D eigenvalue weighted by molar-refractivity contribution is 5.66. The summed E-state index contributed by atoms with van der Waals surface area (Å²) in [4.78, 5) is 10.0. The maximum atomic E-state index is 10.0. The number of carboxylic acids is 1. The van der Waals surface area contributed by atoms with Gasteiger partial charge in [0, 0.05) is 6.42 Å². The zero-order valence-electron chi connectivity index (χ0n) is 14.2. The highest BCUT2D eigenvalue weighted by atomic mass is 16.4. The molecule has 0 aromatic carbocycles. The quantitative estimate of drug-likeness (QED) is 0.534. The standard InChI is InChI=1S/C9H21N.C8H16O2/c1-9(2)7-5-3-4-6-8-10;1-7(2)5-3-4-6-8(9)10/h9H,3-8,10H2,1-2H3;7H,3-6H2,1-2H3,(H,9,10). The van der Waals surface area contributed by atoms with E-state index in [0.29, 0.717) is 12.3 Å². The monoisotopic (exact) mass is 287 g/mol. The molecular formula is C17H37NO2. The van der Waals surface area contributed by atoms with Crippen LogP contribution in [0.4, 0.5) is 0 Å². The van der Waals surface area contributed by atoms with Gasteiger partial charge in [-0.15, -0.1) is 0 Å². The maximum absolute atomic E-state index is 10.0. The second kappa shape index (κ2) is 16.5. The lowest BCUT2D eigenvalue weighted by atomic mass is 10.0. The van der Waals surface area contributed by atoms with E-state index in [-0.39, 0.29) is 0 Å². The van der Waals surface area contributed by atoms with Crippen molar-refractivity contribution in [3.8, 4) is 0 Å². The first-order valence-corrected chi connectivity index (χ1v) is 8.32. The lowest BCUT2D eigenvalue weighted by Gasteiger charge is -2.02.